The summed E-state index contributed by atoms with van der Waals surface area (Å²) in [7, 11) is 6.55. The van der Waals surface area contributed by atoms with Crippen LogP contribution >= 0.6 is 0 Å². The van der Waals surface area contributed by atoms with E-state index in [1.54, 1.807) is 49.3 Å². The van der Waals surface area contributed by atoms with Crippen molar-refractivity contribution in [1.82, 2.24) is 9.80 Å². The maximum absolute atomic E-state index is 13.9. The normalized spacial score (nSPS) is 28.4. The second-order valence-electron chi connectivity index (χ2n) is 12.0. The van der Waals surface area contributed by atoms with Gasteiger partial charge in [-0.2, -0.15) is 0 Å². The Bertz CT molecular complexity index is 1560. The van der Waals surface area contributed by atoms with Crippen LogP contribution in [0.15, 0.2) is 36.4 Å². The van der Waals surface area contributed by atoms with E-state index in [2.05, 4.69) is 0 Å². The lowest BCUT2D eigenvalue weighted by Gasteiger charge is -2.52. The number of primary amides is 1. The van der Waals surface area contributed by atoms with Gasteiger partial charge in [-0.3, -0.25) is 38.6 Å². The number of carbonyl (C=O) groups is 6. The van der Waals surface area contributed by atoms with Gasteiger partial charge >= 0.3 is 5.97 Å². The molecule has 2 unspecified atom stereocenters. The van der Waals surface area contributed by atoms with Crippen LogP contribution in [0.1, 0.15) is 22.3 Å². The topological polar surface area (TPSA) is 185 Å². The van der Waals surface area contributed by atoms with Crippen LogP contribution < -0.4 is 10.5 Å². The predicted molar refractivity (Wildman–Crippen MR) is 151 cm³/mol. The van der Waals surface area contributed by atoms with E-state index in [0.717, 1.165) is 0 Å². The zero-order valence-electron chi connectivity index (χ0n) is 24.2. The molecule has 0 heterocycles. The first-order chi connectivity index (χ1) is 20.2. The Hall–Kier alpha value is -4.26. The van der Waals surface area contributed by atoms with E-state index < -0.39 is 70.3 Å². The highest BCUT2D eigenvalue weighted by atomic mass is 16.5. The van der Waals surface area contributed by atoms with E-state index in [0.29, 0.717) is 22.4 Å². The van der Waals surface area contributed by atoms with Gasteiger partial charge in [-0.05, 0) is 81.8 Å². The molecule has 3 aliphatic rings. The van der Waals surface area contributed by atoms with Crippen LogP contribution in [0.4, 0.5) is 0 Å². The third kappa shape index (κ3) is 4.75. The van der Waals surface area contributed by atoms with E-state index in [9.17, 15) is 39.0 Å². The Morgan fingerprint density at radius 2 is 1.65 bits per heavy atom. The molecule has 12 nitrogen and oxygen atoms in total. The van der Waals surface area contributed by atoms with E-state index in [1.165, 1.54) is 25.1 Å². The lowest BCUT2D eigenvalue weighted by Crippen LogP contribution is -2.74. The Morgan fingerprint density at radius 1 is 1.00 bits per heavy atom. The zero-order valence-corrected chi connectivity index (χ0v) is 24.2. The Labute approximate surface area is 247 Å². The van der Waals surface area contributed by atoms with Gasteiger partial charge in [0.25, 0.3) is 0 Å². The van der Waals surface area contributed by atoms with Gasteiger partial charge in [-0.1, -0.05) is 18.2 Å². The highest BCUT2D eigenvalue weighted by Gasteiger charge is 2.69. The van der Waals surface area contributed by atoms with Crippen molar-refractivity contribution in [2.75, 3.05) is 34.7 Å². The van der Waals surface area contributed by atoms with Crippen LogP contribution in [0.3, 0.4) is 0 Å². The van der Waals surface area contributed by atoms with Gasteiger partial charge < -0.3 is 20.7 Å². The third-order valence-electron chi connectivity index (χ3n) is 8.79. The monoisotopic (exact) mass is 591 g/mol. The number of rotatable bonds is 6. The van der Waals surface area contributed by atoms with Crippen molar-refractivity contribution < 1.29 is 43.7 Å². The number of phenols is 1. The maximum atomic E-state index is 13.9. The number of Topliss-reactive ketones (excluding diaryl/α,β-unsaturated/α-hetero) is 4. The maximum Gasteiger partial charge on any atom is 0.325 e. The number of ketones is 4. The van der Waals surface area contributed by atoms with Crippen molar-refractivity contribution in [3.63, 3.8) is 0 Å². The molecule has 2 fully saturated rings. The number of esters is 1. The molecule has 2 aromatic rings. The van der Waals surface area contributed by atoms with Gasteiger partial charge in [0.2, 0.25) is 5.91 Å². The molecule has 3 aliphatic carbocycles. The third-order valence-corrected chi connectivity index (χ3v) is 8.79. The molecule has 43 heavy (non-hydrogen) atoms. The Kier molecular flexibility index (Phi) is 7.57. The number of benzene rings is 2. The van der Waals surface area contributed by atoms with Gasteiger partial charge in [0.15, 0.2) is 34.7 Å². The molecule has 4 N–H and O–H groups in total. The van der Waals surface area contributed by atoms with E-state index >= 15 is 0 Å². The number of nitrogens with zero attached hydrogens (tertiary/aromatic N) is 2. The predicted octanol–water partition coefficient (Wildman–Crippen LogP) is 0.00100. The van der Waals surface area contributed by atoms with Gasteiger partial charge in [-0.15, -0.1) is 0 Å². The number of carbonyl (C=O) groups excluding carboxylic acids is 6. The molecule has 12 heteroatoms. The molecule has 5 rings (SSSR count). The summed E-state index contributed by atoms with van der Waals surface area (Å²) < 4.78 is 5.35. The highest BCUT2D eigenvalue weighted by molar-refractivity contribution is 6.32. The first kappa shape index (κ1) is 30.2. The highest BCUT2D eigenvalue weighted by Crippen LogP contribution is 2.51. The number of ether oxygens (including phenoxy) is 1. The summed E-state index contributed by atoms with van der Waals surface area (Å²) in [4.78, 5) is 81.8. The van der Waals surface area contributed by atoms with Crippen LogP contribution in [-0.2, 0) is 30.4 Å². The van der Waals surface area contributed by atoms with Crippen molar-refractivity contribution in [2.45, 2.75) is 24.5 Å². The standard InChI is InChI=1S/C31H33N3O9/c1-33(2)13-21(36)43-16-7-5-14(6-8-16)17-9-10-20(35)23-18(17)11-15-12-19-25(34(3)4)27(38)24(30(32)41)29(40)31(19,42)28(39)22(15)26(23)37/h5-10,15,19,22,24-25,35,42H,11-13H2,1-4H3,(H2,32,41)/t15-,19-,22?,24?,25-,31-/m0/s1. The molecule has 0 bridgehead atoms. The number of hydrogen-bond donors (Lipinski definition) is 3. The molecular formula is C31H33N3O9. The number of aliphatic hydroxyl groups is 1. The fourth-order valence-corrected chi connectivity index (χ4v) is 7.00. The number of amides is 1. The van der Waals surface area contributed by atoms with Gasteiger partial charge in [0, 0.05) is 5.92 Å². The van der Waals surface area contributed by atoms with Gasteiger partial charge in [0.1, 0.15) is 11.5 Å². The average molecular weight is 592 g/mol. The first-order valence-electron chi connectivity index (χ1n) is 13.8. The quantitative estimate of drug-likeness (QED) is 0.233. The van der Waals surface area contributed by atoms with Gasteiger partial charge in [0.05, 0.1) is 24.1 Å². The number of fused-ring (bicyclic) bond motifs is 3. The van der Waals surface area contributed by atoms with Crippen molar-refractivity contribution in [3.05, 3.63) is 47.5 Å². The van der Waals surface area contributed by atoms with Crippen molar-refractivity contribution in [1.29, 1.82) is 0 Å². The molecule has 6 atom stereocenters. The van der Waals surface area contributed by atoms with Crippen molar-refractivity contribution in [3.8, 4) is 22.6 Å². The Balaban J connectivity index is 1.54. The van der Waals surface area contributed by atoms with Crippen molar-refractivity contribution >= 4 is 35.0 Å². The van der Waals surface area contributed by atoms with E-state index in [4.69, 9.17) is 10.5 Å². The number of hydrogen-bond acceptors (Lipinski definition) is 11. The minimum Gasteiger partial charge on any atom is -0.507 e. The second-order valence-corrected chi connectivity index (χ2v) is 12.0. The van der Waals surface area contributed by atoms with Crippen LogP contribution in [0.2, 0.25) is 0 Å². The lowest BCUT2D eigenvalue weighted by molar-refractivity contribution is -0.181. The molecule has 0 aromatic heterocycles. The minimum atomic E-state index is -2.77. The summed E-state index contributed by atoms with van der Waals surface area (Å²) in [6, 6.07) is 8.42. The minimum absolute atomic E-state index is 0.0419. The summed E-state index contributed by atoms with van der Waals surface area (Å²) in [6.45, 7) is 0.0990. The van der Waals surface area contributed by atoms with Crippen LogP contribution in [0, 0.1) is 23.7 Å². The van der Waals surface area contributed by atoms with Crippen LogP contribution in [-0.4, -0.2) is 101 Å². The SMILES string of the molecule is CN(C)CC(=O)Oc1ccc(-c2ccc(O)c3c2C[C@H]2C[C@H]4[C@H](N(C)C)C(=O)C(C(N)=O)C(=O)[C@@]4(O)C(=O)C2C3=O)cc1. The lowest BCUT2D eigenvalue weighted by atomic mass is 9.52. The van der Waals surface area contributed by atoms with E-state index in [1.807, 2.05) is 0 Å². The zero-order chi connectivity index (χ0) is 31.5. The number of likely N-dealkylation sites (N-methyl/N-ethyl adjacent to an activating group) is 2. The molecule has 226 valence electrons. The van der Waals surface area contributed by atoms with E-state index in [-0.39, 0.29) is 30.7 Å². The molecule has 2 aromatic carbocycles. The molecule has 0 spiro atoms. The summed E-state index contributed by atoms with van der Waals surface area (Å²) in [6.07, 6.45) is 0.0922. The average Bonchev–Trinajstić information content (AvgIpc) is 2.90. The molecule has 0 radical (unpaired) electrons. The summed E-state index contributed by atoms with van der Waals surface area (Å²) in [5.74, 6) is -11.1. The molecule has 0 aliphatic heterocycles. The van der Waals surface area contributed by atoms with Crippen LogP contribution in [0.5, 0.6) is 11.5 Å². The molecule has 1 amide bonds. The molecule has 2 saturated carbocycles. The van der Waals surface area contributed by atoms with Crippen LogP contribution in [0.25, 0.3) is 11.1 Å². The smallest absolute Gasteiger partial charge is 0.325 e. The number of phenolic OH excluding ortho intramolecular Hbond substituents is 1. The van der Waals surface area contributed by atoms with Crippen molar-refractivity contribution in [2.24, 2.45) is 29.4 Å². The molecule has 0 saturated heterocycles. The number of aromatic hydroxyl groups is 1. The summed E-state index contributed by atoms with van der Waals surface area (Å²) >= 11 is 0. The largest absolute Gasteiger partial charge is 0.507 e. The Morgan fingerprint density at radius 3 is 2.23 bits per heavy atom. The number of nitrogens with two attached hydrogens (primary N) is 1. The molecular weight excluding hydrogens is 558 g/mol. The fourth-order valence-electron chi connectivity index (χ4n) is 7.00. The first-order valence-corrected chi connectivity index (χ1v) is 13.8. The summed E-state index contributed by atoms with van der Waals surface area (Å²) in [5, 5.41) is 22.5. The van der Waals surface area contributed by atoms with Gasteiger partial charge in [-0.25, -0.2) is 0 Å². The second kappa shape index (κ2) is 10.8. The summed E-state index contributed by atoms with van der Waals surface area (Å²) in [5.41, 5.74) is 4.23. The fraction of sp³-hybridized carbons (Fsp3) is 0.419.